The molecule has 122 valence electrons. The summed E-state index contributed by atoms with van der Waals surface area (Å²) in [6, 6.07) is 14.0. The average Bonchev–Trinajstić information content (AvgIpc) is 2.58. The van der Waals surface area contributed by atoms with Crippen molar-refractivity contribution in [2.75, 3.05) is 0 Å². The standard InChI is InChI=1S/C19H25N3O/c20-18-10-3-5-11-19(18,21)13-15-7-1-2-9-17(15)23-14-16-8-4-6-12-22-16/h1-2,4,6-9,12,18H,3,5,10-11,13-14,20-21H2. The second-order valence-corrected chi connectivity index (χ2v) is 6.48. The zero-order valence-electron chi connectivity index (χ0n) is 13.4. The molecule has 0 amide bonds. The van der Waals surface area contributed by atoms with Gasteiger partial charge in [-0.15, -0.1) is 0 Å². The van der Waals surface area contributed by atoms with Crippen LogP contribution < -0.4 is 16.2 Å². The quantitative estimate of drug-likeness (QED) is 0.890. The number of benzene rings is 1. The minimum atomic E-state index is -0.331. The van der Waals surface area contributed by atoms with Crippen LogP contribution in [-0.2, 0) is 13.0 Å². The third kappa shape index (κ3) is 3.89. The van der Waals surface area contributed by atoms with Crippen molar-refractivity contribution in [2.24, 2.45) is 11.5 Å². The third-order valence-electron chi connectivity index (χ3n) is 4.74. The number of aromatic nitrogens is 1. The van der Waals surface area contributed by atoms with Crippen LogP contribution in [0.1, 0.15) is 36.9 Å². The van der Waals surface area contributed by atoms with E-state index in [1.165, 1.54) is 6.42 Å². The Morgan fingerprint density at radius 1 is 1.13 bits per heavy atom. The van der Waals surface area contributed by atoms with Gasteiger partial charge in [-0.05, 0) is 43.0 Å². The highest BCUT2D eigenvalue weighted by Crippen LogP contribution is 2.31. The Morgan fingerprint density at radius 2 is 1.96 bits per heavy atom. The minimum Gasteiger partial charge on any atom is -0.487 e. The molecule has 0 bridgehead atoms. The Balaban J connectivity index is 1.72. The summed E-state index contributed by atoms with van der Waals surface area (Å²) in [5.41, 5.74) is 14.6. The number of ether oxygens (including phenoxy) is 1. The molecular weight excluding hydrogens is 286 g/mol. The van der Waals surface area contributed by atoms with Gasteiger partial charge in [0.2, 0.25) is 0 Å². The van der Waals surface area contributed by atoms with E-state index in [0.717, 1.165) is 42.7 Å². The Hall–Kier alpha value is -1.91. The molecule has 1 heterocycles. The summed E-state index contributed by atoms with van der Waals surface area (Å²) >= 11 is 0. The summed E-state index contributed by atoms with van der Waals surface area (Å²) in [4.78, 5) is 4.30. The first-order valence-electron chi connectivity index (χ1n) is 8.32. The van der Waals surface area contributed by atoms with E-state index >= 15 is 0 Å². The summed E-state index contributed by atoms with van der Waals surface area (Å²) in [6.45, 7) is 0.460. The van der Waals surface area contributed by atoms with E-state index < -0.39 is 0 Å². The fraction of sp³-hybridized carbons (Fsp3) is 0.421. The smallest absolute Gasteiger partial charge is 0.130 e. The normalized spacial score (nSPS) is 24.3. The lowest BCUT2D eigenvalue weighted by atomic mass is 9.75. The van der Waals surface area contributed by atoms with Crippen molar-refractivity contribution < 1.29 is 4.74 Å². The van der Waals surface area contributed by atoms with Crippen molar-refractivity contribution in [3.05, 3.63) is 59.9 Å². The molecule has 2 atom stereocenters. The fourth-order valence-electron chi connectivity index (χ4n) is 3.29. The van der Waals surface area contributed by atoms with Crippen molar-refractivity contribution in [2.45, 2.75) is 50.3 Å². The lowest BCUT2D eigenvalue weighted by molar-refractivity contribution is 0.244. The van der Waals surface area contributed by atoms with E-state index in [0.29, 0.717) is 6.61 Å². The summed E-state index contributed by atoms with van der Waals surface area (Å²) < 4.78 is 5.99. The van der Waals surface area contributed by atoms with Gasteiger partial charge in [0.1, 0.15) is 12.4 Å². The summed E-state index contributed by atoms with van der Waals surface area (Å²) in [5.74, 6) is 0.876. The van der Waals surface area contributed by atoms with Gasteiger partial charge in [-0.3, -0.25) is 4.98 Å². The van der Waals surface area contributed by atoms with E-state index in [2.05, 4.69) is 11.1 Å². The van der Waals surface area contributed by atoms with E-state index in [-0.39, 0.29) is 11.6 Å². The van der Waals surface area contributed by atoms with Crippen LogP contribution in [0.4, 0.5) is 0 Å². The highest BCUT2D eigenvalue weighted by molar-refractivity contribution is 5.35. The van der Waals surface area contributed by atoms with Gasteiger partial charge >= 0.3 is 0 Å². The van der Waals surface area contributed by atoms with Gasteiger partial charge in [-0.2, -0.15) is 0 Å². The topological polar surface area (TPSA) is 74.2 Å². The van der Waals surface area contributed by atoms with Crippen molar-refractivity contribution in [3.8, 4) is 5.75 Å². The molecular formula is C19H25N3O. The first-order valence-corrected chi connectivity index (χ1v) is 8.32. The van der Waals surface area contributed by atoms with Crippen LogP contribution in [0.5, 0.6) is 5.75 Å². The van der Waals surface area contributed by atoms with E-state index in [1.54, 1.807) is 6.20 Å². The molecule has 0 aliphatic heterocycles. The van der Waals surface area contributed by atoms with Crippen LogP contribution in [0.3, 0.4) is 0 Å². The second-order valence-electron chi connectivity index (χ2n) is 6.48. The van der Waals surface area contributed by atoms with Crippen LogP contribution >= 0.6 is 0 Å². The number of hydrogen-bond acceptors (Lipinski definition) is 4. The predicted octanol–water partition coefficient (Wildman–Crippen LogP) is 2.80. The molecule has 1 aliphatic rings. The number of rotatable bonds is 5. The number of hydrogen-bond donors (Lipinski definition) is 2. The molecule has 1 aromatic carbocycles. The van der Waals surface area contributed by atoms with Crippen LogP contribution in [0.2, 0.25) is 0 Å². The molecule has 0 spiro atoms. The lowest BCUT2D eigenvalue weighted by Gasteiger charge is -2.39. The van der Waals surface area contributed by atoms with Gasteiger partial charge in [-0.25, -0.2) is 0 Å². The average molecular weight is 311 g/mol. The monoisotopic (exact) mass is 311 g/mol. The van der Waals surface area contributed by atoms with E-state index in [9.17, 15) is 0 Å². The number of nitrogens with two attached hydrogens (primary N) is 2. The van der Waals surface area contributed by atoms with Gasteiger partial charge in [0.25, 0.3) is 0 Å². The maximum absolute atomic E-state index is 6.62. The Labute approximate surface area is 137 Å². The minimum absolute atomic E-state index is 0.0556. The van der Waals surface area contributed by atoms with Crippen molar-refractivity contribution in [3.63, 3.8) is 0 Å². The molecule has 4 heteroatoms. The Morgan fingerprint density at radius 3 is 2.74 bits per heavy atom. The van der Waals surface area contributed by atoms with Gasteiger partial charge in [0.15, 0.2) is 0 Å². The molecule has 2 unspecified atom stereocenters. The molecule has 2 aromatic rings. The highest BCUT2D eigenvalue weighted by atomic mass is 16.5. The van der Waals surface area contributed by atoms with Crippen LogP contribution in [0, 0.1) is 0 Å². The molecule has 0 saturated heterocycles. The molecule has 1 aliphatic carbocycles. The Kier molecular flexibility index (Phi) is 4.94. The predicted molar refractivity (Wildman–Crippen MR) is 92.1 cm³/mol. The summed E-state index contributed by atoms with van der Waals surface area (Å²) in [5, 5.41) is 0. The summed E-state index contributed by atoms with van der Waals surface area (Å²) in [6.07, 6.45) is 6.85. The zero-order chi connectivity index (χ0) is 16.1. The molecule has 0 radical (unpaired) electrons. The molecule has 1 saturated carbocycles. The van der Waals surface area contributed by atoms with E-state index in [1.807, 2.05) is 36.4 Å². The first-order chi connectivity index (χ1) is 11.2. The molecule has 4 nitrogen and oxygen atoms in total. The van der Waals surface area contributed by atoms with Gasteiger partial charge in [0.05, 0.1) is 5.69 Å². The fourth-order valence-corrected chi connectivity index (χ4v) is 3.29. The first kappa shape index (κ1) is 16.0. The molecule has 4 N–H and O–H groups in total. The van der Waals surface area contributed by atoms with E-state index in [4.69, 9.17) is 16.2 Å². The maximum Gasteiger partial charge on any atom is 0.130 e. The largest absolute Gasteiger partial charge is 0.487 e. The van der Waals surface area contributed by atoms with Crippen LogP contribution in [0.25, 0.3) is 0 Å². The molecule has 1 aromatic heterocycles. The number of para-hydroxylation sites is 1. The van der Waals surface area contributed by atoms with Crippen LogP contribution in [-0.4, -0.2) is 16.6 Å². The Bertz CT molecular complexity index is 632. The van der Waals surface area contributed by atoms with Crippen molar-refractivity contribution >= 4 is 0 Å². The molecule has 1 fully saturated rings. The second kappa shape index (κ2) is 7.11. The van der Waals surface area contributed by atoms with Crippen molar-refractivity contribution in [1.82, 2.24) is 4.98 Å². The number of pyridine rings is 1. The highest BCUT2D eigenvalue weighted by Gasteiger charge is 2.35. The van der Waals surface area contributed by atoms with Gasteiger partial charge in [0, 0.05) is 17.8 Å². The molecule has 23 heavy (non-hydrogen) atoms. The number of nitrogens with zero attached hydrogens (tertiary/aromatic N) is 1. The zero-order valence-corrected chi connectivity index (χ0v) is 13.4. The lowest BCUT2D eigenvalue weighted by Crippen LogP contribution is -2.58. The third-order valence-corrected chi connectivity index (χ3v) is 4.74. The van der Waals surface area contributed by atoms with Gasteiger partial charge < -0.3 is 16.2 Å². The van der Waals surface area contributed by atoms with Crippen LogP contribution in [0.15, 0.2) is 48.7 Å². The summed E-state index contributed by atoms with van der Waals surface area (Å²) in [7, 11) is 0. The maximum atomic E-state index is 6.62. The van der Waals surface area contributed by atoms with Crippen molar-refractivity contribution in [1.29, 1.82) is 0 Å². The van der Waals surface area contributed by atoms with Gasteiger partial charge in [-0.1, -0.05) is 37.1 Å². The molecule has 3 rings (SSSR count). The SMILES string of the molecule is NC1CCCCC1(N)Cc1ccccc1OCc1ccccn1.